The molecule has 3 saturated carbocycles. The highest BCUT2D eigenvalue weighted by atomic mass is 16.7. The van der Waals surface area contributed by atoms with Gasteiger partial charge in [0.1, 0.15) is 0 Å². The van der Waals surface area contributed by atoms with Gasteiger partial charge in [0.05, 0.1) is 12.7 Å². The van der Waals surface area contributed by atoms with Crippen LogP contribution in [-0.4, -0.2) is 24.3 Å². The Kier molecular flexibility index (Phi) is 4.29. The van der Waals surface area contributed by atoms with E-state index < -0.39 is 0 Å². The van der Waals surface area contributed by atoms with Crippen molar-refractivity contribution in [3.63, 3.8) is 0 Å². The van der Waals surface area contributed by atoms with Gasteiger partial charge in [-0.15, -0.1) is 0 Å². The second-order valence-corrected chi connectivity index (χ2v) is 12.5. The van der Waals surface area contributed by atoms with Crippen molar-refractivity contribution in [3.8, 4) is 0 Å². The van der Waals surface area contributed by atoms with E-state index in [1.165, 1.54) is 37.7 Å². The van der Waals surface area contributed by atoms with Gasteiger partial charge in [-0.25, -0.2) is 0 Å². The summed E-state index contributed by atoms with van der Waals surface area (Å²) in [7, 11) is 0. The molecule has 2 saturated heterocycles. The van der Waals surface area contributed by atoms with Crippen LogP contribution < -0.4 is 0 Å². The molecule has 0 radical (unpaired) electrons. The third kappa shape index (κ3) is 2.48. The molecular weight excluding hydrogens is 372 g/mol. The second kappa shape index (κ2) is 6.44. The largest absolute Gasteiger partial charge is 0.349 e. The fraction of sp³-hybridized carbons (Fsp3) is 0.889. The Morgan fingerprint density at radius 1 is 1.00 bits per heavy atom. The zero-order chi connectivity index (χ0) is 20.9. The van der Waals surface area contributed by atoms with Crippen LogP contribution in [0.4, 0.5) is 0 Å². The third-order valence-corrected chi connectivity index (χ3v) is 11.2. The van der Waals surface area contributed by atoms with Gasteiger partial charge in [-0.1, -0.05) is 33.3 Å². The maximum atomic E-state index is 12.1. The molecule has 6 rings (SSSR count). The average molecular weight is 413 g/mol. The van der Waals surface area contributed by atoms with Crippen LogP contribution in [0.1, 0.15) is 85.5 Å². The molecule has 10 atom stereocenters. The second-order valence-electron chi connectivity index (χ2n) is 12.5. The Morgan fingerprint density at radius 3 is 2.60 bits per heavy atom. The number of carbonyl (C=O) groups excluding carboxylic acids is 1. The van der Waals surface area contributed by atoms with E-state index in [0.717, 1.165) is 50.0 Å². The van der Waals surface area contributed by atoms with Gasteiger partial charge in [0, 0.05) is 18.8 Å². The standard InChI is InChI=1S/C27H40O3/c1-16-7-12-27(29-15-16)17(2)24-23(30-27)14-22-20-6-5-18-13-19(28)8-10-25(18,3)21(20)9-11-26(22,24)4/h13,16-17,20-24H,5-12,14-15H2,1-4H3/t16-,17-,20?,21?,22?,23?,24?,25-,26-,27?/m0/s1. The van der Waals surface area contributed by atoms with Gasteiger partial charge in [0.15, 0.2) is 11.6 Å². The number of hydrogen-bond donors (Lipinski definition) is 0. The Labute approximate surface area is 182 Å². The zero-order valence-electron chi connectivity index (χ0n) is 19.4. The topological polar surface area (TPSA) is 35.5 Å². The van der Waals surface area contributed by atoms with E-state index >= 15 is 0 Å². The highest BCUT2D eigenvalue weighted by molar-refractivity contribution is 5.91. The molecule has 0 bridgehead atoms. The quantitative estimate of drug-likeness (QED) is 0.495. The molecule has 30 heavy (non-hydrogen) atoms. The van der Waals surface area contributed by atoms with Crippen LogP contribution in [0.25, 0.3) is 0 Å². The van der Waals surface area contributed by atoms with Gasteiger partial charge in [0.2, 0.25) is 0 Å². The molecule has 3 nitrogen and oxygen atoms in total. The lowest BCUT2D eigenvalue weighted by Gasteiger charge is -2.58. The molecule has 4 aliphatic carbocycles. The molecule has 0 aromatic rings. The van der Waals surface area contributed by atoms with Crippen molar-refractivity contribution in [2.45, 2.75) is 97.4 Å². The molecule has 2 heterocycles. The molecule has 3 heteroatoms. The van der Waals surface area contributed by atoms with Crippen LogP contribution >= 0.6 is 0 Å². The van der Waals surface area contributed by atoms with E-state index in [1.807, 2.05) is 6.08 Å². The van der Waals surface area contributed by atoms with Gasteiger partial charge in [-0.2, -0.15) is 0 Å². The molecule has 5 fully saturated rings. The number of hydrogen-bond acceptors (Lipinski definition) is 3. The first-order valence-electron chi connectivity index (χ1n) is 12.8. The summed E-state index contributed by atoms with van der Waals surface area (Å²) in [6.45, 7) is 10.7. The van der Waals surface area contributed by atoms with Gasteiger partial charge < -0.3 is 9.47 Å². The molecule has 0 aromatic carbocycles. The van der Waals surface area contributed by atoms with Crippen molar-refractivity contribution >= 4 is 5.78 Å². The lowest BCUT2D eigenvalue weighted by atomic mass is 9.46. The summed E-state index contributed by atoms with van der Waals surface area (Å²) in [5.41, 5.74) is 2.14. The number of rotatable bonds is 0. The number of fused-ring (bicyclic) bond motifs is 7. The van der Waals surface area contributed by atoms with Crippen LogP contribution in [0.15, 0.2) is 11.6 Å². The molecule has 6 unspecified atom stereocenters. The molecule has 0 N–H and O–H groups in total. The summed E-state index contributed by atoms with van der Waals surface area (Å²) < 4.78 is 13.3. The first kappa shape index (κ1) is 20.0. The lowest BCUT2D eigenvalue weighted by Crippen LogP contribution is -2.52. The fourth-order valence-corrected chi connectivity index (χ4v) is 9.58. The average Bonchev–Trinajstić information content (AvgIpc) is 3.16. The normalized spacial score (nSPS) is 57.4. The number of carbonyl (C=O) groups is 1. The van der Waals surface area contributed by atoms with Crippen molar-refractivity contribution < 1.29 is 14.3 Å². The van der Waals surface area contributed by atoms with Gasteiger partial charge in [-0.3, -0.25) is 4.79 Å². The number of ether oxygens (including phenoxy) is 2. The third-order valence-electron chi connectivity index (χ3n) is 11.2. The number of allylic oxidation sites excluding steroid dienone is 1. The van der Waals surface area contributed by atoms with E-state index in [2.05, 4.69) is 27.7 Å². The van der Waals surface area contributed by atoms with Crippen molar-refractivity contribution in [3.05, 3.63) is 11.6 Å². The molecule has 0 amide bonds. The maximum Gasteiger partial charge on any atom is 0.171 e. The SMILES string of the molecule is C[C@H]1CCC2(OC1)OC1CC3C4CCC5=CC(=O)CC[C@]5(C)C4CC[C@]3(C)C1[C@@H]2C. The monoisotopic (exact) mass is 412 g/mol. The maximum absolute atomic E-state index is 12.1. The van der Waals surface area contributed by atoms with Gasteiger partial charge in [0.25, 0.3) is 0 Å². The summed E-state index contributed by atoms with van der Waals surface area (Å²) in [6.07, 6.45) is 12.9. The van der Waals surface area contributed by atoms with Crippen LogP contribution in [0.3, 0.4) is 0 Å². The summed E-state index contributed by atoms with van der Waals surface area (Å²) in [5.74, 6) is 4.24. The summed E-state index contributed by atoms with van der Waals surface area (Å²) >= 11 is 0. The summed E-state index contributed by atoms with van der Waals surface area (Å²) in [5, 5.41) is 0. The highest BCUT2D eigenvalue weighted by Gasteiger charge is 2.68. The highest BCUT2D eigenvalue weighted by Crippen LogP contribution is 2.70. The van der Waals surface area contributed by atoms with Gasteiger partial charge >= 0.3 is 0 Å². The van der Waals surface area contributed by atoms with E-state index in [-0.39, 0.29) is 11.2 Å². The summed E-state index contributed by atoms with van der Waals surface area (Å²) in [6, 6.07) is 0. The van der Waals surface area contributed by atoms with Crippen LogP contribution in [0.2, 0.25) is 0 Å². The van der Waals surface area contributed by atoms with E-state index in [9.17, 15) is 4.79 Å². The van der Waals surface area contributed by atoms with Crippen molar-refractivity contribution in [1.82, 2.24) is 0 Å². The minimum Gasteiger partial charge on any atom is -0.349 e. The molecular formula is C27H40O3. The molecule has 0 aromatic heterocycles. The van der Waals surface area contributed by atoms with E-state index in [1.54, 1.807) is 0 Å². The molecule has 6 aliphatic rings. The Hall–Kier alpha value is -0.670. The lowest BCUT2D eigenvalue weighted by molar-refractivity contribution is -0.272. The smallest absolute Gasteiger partial charge is 0.171 e. The predicted molar refractivity (Wildman–Crippen MR) is 117 cm³/mol. The minimum atomic E-state index is -0.301. The minimum absolute atomic E-state index is 0.270. The van der Waals surface area contributed by atoms with Crippen molar-refractivity contribution in [2.24, 2.45) is 46.3 Å². The van der Waals surface area contributed by atoms with Crippen molar-refractivity contribution in [2.75, 3.05) is 6.61 Å². The van der Waals surface area contributed by atoms with E-state index in [4.69, 9.17) is 9.47 Å². The molecule has 166 valence electrons. The zero-order valence-corrected chi connectivity index (χ0v) is 19.4. The number of ketones is 1. The van der Waals surface area contributed by atoms with Crippen LogP contribution in [0, 0.1) is 46.3 Å². The van der Waals surface area contributed by atoms with Crippen molar-refractivity contribution in [1.29, 1.82) is 0 Å². The Morgan fingerprint density at radius 2 is 1.83 bits per heavy atom. The Bertz CT molecular complexity index is 777. The predicted octanol–water partition coefficient (Wildman–Crippen LogP) is 5.92. The van der Waals surface area contributed by atoms with Crippen LogP contribution in [0.5, 0.6) is 0 Å². The van der Waals surface area contributed by atoms with E-state index in [0.29, 0.717) is 35.1 Å². The summed E-state index contributed by atoms with van der Waals surface area (Å²) in [4.78, 5) is 12.1. The first-order chi connectivity index (χ1) is 14.3. The first-order valence-corrected chi connectivity index (χ1v) is 12.8. The molecule has 1 spiro atoms. The van der Waals surface area contributed by atoms with Crippen LogP contribution in [-0.2, 0) is 14.3 Å². The molecule has 2 aliphatic heterocycles. The fourth-order valence-electron chi connectivity index (χ4n) is 9.58. The van der Waals surface area contributed by atoms with Gasteiger partial charge in [-0.05, 0) is 91.4 Å². The Balaban J connectivity index is 1.28.